The zero-order chi connectivity index (χ0) is 55.4. The molecule has 0 spiro atoms. The van der Waals surface area contributed by atoms with Crippen molar-refractivity contribution in [3.63, 3.8) is 0 Å². The van der Waals surface area contributed by atoms with Crippen molar-refractivity contribution in [1.29, 1.82) is 0 Å². The minimum atomic E-state index is -1.51. The summed E-state index contributed by atoms with van der Waals surface area (Å²) in [7, 11) is 0. The third kappa shape index (κ3) is 19.3. The molecule has 0 aliphatic carbocycles. The van der Waals surface area contributed by atoms with Crippen molar-refractivity contribution in [2.24, 2.45) is 34.0 Å². The largest absolute Gasteiger partial charge is 0.508 e. The summed E-state index contributed by atoms with van der Waals surface area (Å²) in [6.07, 6.45) is 2.92. The number of hydrogen-bond donors (Lipinski definition) is 13. The lowest BCUT2D eigenvalue weighted by Gasteiger charge is -2.32. The number of carboxylic acid groups (broad SMARTS) is 2. The second kappa shape index (κ2) is 30.3. The lowest BCUT2D eigenvalue weighted by molar-refractivity contribution is -0.145. The quantitative estimate of drug-likeness (QED) is 0.0233. The number of aromatic nitrogens is 2. The predicted molar refractivity (Wildman–Crippen MR) is 279 cm³/mol. The number of aliphatic imine (C=N–C) groups is 1. The summed E-state index contributed by atoms with van der Waals surface area (Å²) in [5, 5.41) is 45.1. The summed E-state index contributed by atoms with van der Waals surface area (Å²) in [5.41, 5.74) is 18.2. The fourth-order valence-corrected chi connectivity index (χ4v) is 8.31. The molecule has 416 valence electrons. The average Bonchev–Trinajstić information content (AvgIpc) is 4.08. The number of H-pyrrole nitrogens is 1. The monoisotopic (exact) mass is 1060 g/mol. The number of nitrogens with zero attached hydrogens (tertiary/aromatic N) is 3. The van der Waals surface area contributed by atoms with E-state index in [-0.39, 0.29) is 70.8 Å². The van der Waals surface area contributed by atoms with Gasteiger partial charge in [0.05, 0.1) is 18.8 Å². The number of aromatic hydroxyl groups is 1. The molecule has 0 radical (unpaired) electrons. The van der Waals surface area contributed by atoms with Gasteiger partial charge in [-0.2, -0.15) is 0 Å². The van der Waals surface area contributed by atoms with Crippen LogP contribution < -0.4 is 49.1 Å². The third-order valence-electron chi connectivity index (χ3n) is 12.7. The fourth-order valence-electron chi connectivity index (χ4n) is 8.31. The first-order valence-corrected chi connectivity index (χ1v) is 24.8. The molecule has 0 unspecified atom stereocenters. The molecular weight excluding hydrogens is 987 g/mol. The van der Waals surface area contributed by atoms with Gasteiger partial charge in [0.1, 0.15) is 48.0 Å². The van der Waals surface area contributed by atoms with E-state index in [2.05, 4.69) is 46.9 Å². The number of likely N-dealkylation sites (tertiary alicyclic amines) is 1. The average molecular weight is 1060 g/mol. The Morgan fingerprint density at radius 1 is 0.750 bits per heavy atom. The van der Waals surface area contributed by atoms with Crippen molar-refractivity contribution >= 4 is 59.2 Å². The number of imidazole rings is 1. The smallest absolute Gasteiger partial charge is 0.326 e. The molecule has 25 nitrogen and oxygen atoms in total. The molecule has 0 saturated carbocycles. The van der Waals surface area contributed by atoms with Gasteiger partial charge in [0.2, 0.25) is 41.4 Å². The summed E-state index contributed by atoms with van der Waals surface area (Å²) >= 11 is 0. The van der Waals surface area contributed by atoms with E-state index in [4.69, 9.17) is 17.2 Å². The molecule has 3 aromatic rings. The first-order valence-electron chi connectivity index (χ1n) is 24.8. The first kappa shape index (κ1) is 62.2. The van der Waals surface area contributed by atoms with Gasteiger partial charge in [0.15, 0.2) is 5.96 Å². The third-order valence-corrected chi connectivity index (χ3v) is 12.7. The second-order valence-corrected chi connectivity index (χ2v) is 18.9. The highest BCUT2D eigenvalue weighted by molar-refractivity contribution is 5.98. The maximum atomic E-state index is 14.6. The topological polar surface area (TPSA) is 409 Å². The highest BCUT2D eigenvalue weighted by Crippen LogP contribution is 2.21. The highest BCUT2D eigenvalue weighted by Gasteiger charge is 2.41. The van der Waals surface area contributed by atoms with Crippen molar-refractivity contribution in [3.05, 3.63) is 83.9 Å². The van der Waals surface area contributed by atoms with E-state index >= 15 is 0 Å². The molecule has 2 aromatic carbocycles. The number of rotatable bonds is 29. The molecule has 2 heterocycles. The minimum Gasteiger partial charge on any atom is -0.508 e. The van der Waals surface area contributed by atoms with Crippen LogP contribution in [0.4, 0.5) is 0 Å². The molecule has 1 aromatic heterocycles. The Morgan fingerprint density at radius 2 is 1.34 bits per heavy atom. The van der Waals surface area contributed by atoms with Crippen LogP contribution in [0.25, 0.3) is 0 Å². The standard InChI is InChI=1S/C50H71N13O12.CH4/c1-5-28(4)41(47(72)59-36(23-31-25-54-26-56-31)48(73)63-20-10-14-38(63)45(70)60-37(49(74)75)22-29-11-7-6-8-12-29)62-44(69)35(21-30-15-17-32(64)18-16-30)58-46(71)40(27(2)3)61-43(68)34(13-9-19-55-50(52)53)57-42(67)33(51)24-39(65)66;/h6-8,11-12,15-18,25-28,33-38,40-41,64H,5,9-10,13-14,19-24,51H2,1-4H3,(H,54,56)(H,57,67)(H,58,71)(H,59,72)(H,60,70)(H,61,68)(H,62,69)(H,65,66)(H,74,75)(H4,52,53,55);1H4/t28-,33-,34-,35-,36-,37-,38-,40-,41-;/m0./s1. The lowest BCUT2D eigenvalue weighted by atomic mass is 9.96. The van der Waals surface area contributed by atoms with E-state index in [1.807, 2.05) is 0 Å². The number of nitrogens with two attached hydrogens (primary N) is 3. The maximum Gasteiger partial charge on any atom is 0.326 e. The molecule has 1 saturated heterocycles. The van der Waals surface area contributed by atoms with Gasteiger partial charge in [-0.15, -0.1) is 0 Å². The zero-order valence-electron chi connectivity index (χ0n) is 42.5. The van der Waals surface area contributed by atoms with Gasteiger partial charge in [0, 0.05) is 44.2 Å². The molecule has 16 N–H and O–H groups in total. The number of amides is 7. The Balaban J connectivity index is 0.0000152. The summed E-state index contributed by atoms with van der Waals surface area (Å²) in [6, 6.07) is 3.95. The number of phenols is 1. The molecule has 1 fully saturated rings. The van der Waals surface area contributed by atoms with E-state index in [1.165, 1.54) is 41.7 Å². The molecule has 76 heavy (non-hydrogen) atoms. The molecule has 1 aliphatic heterocycles. The zero-order valence-corrected chi connectivity index (χ0v) is 42.5. The van der Waals surface area contributed by atoms with Crippen LogP contribution in [0.5, 0.6) is 5.75 Å². The van der Waals surface area contributed by atoms with Crippen LogP contribution in [0.3, 0.4) is 0 Å². The number of aliphatic carboxylic acids is 2. The van der Waals surface area contributed by atoms with E-state index in [9.17, 15) is 58.5 Å². The Kier molecular flexibility index (Phi) is 24.8. The molecule has 1 aliphatic rings. The number of benzene rings is 2. The van der Waals surface area contributed by atoms with Crippen molar-refractivity contribution < 1.29 is 58.5 Å². The summed E-state index contributed by atoms with van der Waals surface area (Å²) in [5.74, 6) is -9.64. The number of carbonyl (C=O) groups is 9. The number of carbonyl (C=O) groups excluding carboxylic acids is 7. The molecule has 25 heteroatoms. The van der Waals surface area contributed by atoms with Gasteiger partial charge in [-0.1, -0.05) is 84.0 Å². The number of nitrogens with one attached hydrogen (secondary N) is 7. The molecule has 4 rings (SSSR count). The van der Waals surface area contributed by atoms with E-state index in [1.54, 1.807) is 58.0 Å². The van der Waals surface area contributed by atoms with Crippen molar-refractivity contribution in [3.8, 4) is 5.75 Å². The van der Waals surface area contributed by atoms with Crippen LogP contribution in [-0.2, 0) is 62.4 Å². The second-order valence-electron chi connectivity index (χ2n) is 18.9. The van der Waals surface area contributed by atoms with Gasteiger partial charge in [-0.3, -0.25) is 43.3 Å². The maximum absolute atomic E-state index is 14.6. The van der Waals surface area contributed by atoms with Gasteiger partial charge >= 0.3 is 11.9 Å². The number of hydrogen-bond acceptors (Lipinski definition) is 13. The van der Waals surface area contributed by atoms with Gasteiger partial charge in [-0.05, 0) is 60.8 Å². The summed E-state index contributed by atoms with van der Waals surface area (Å²) < 4.78 is 0. The van der Waals surface area contributed by atoms with E-state index in [0.717, 1.165) is 0 Å². The molecule has 0 bridgehead atoms. The van der Waals surface area contributed by atoms with Gasteiger partial charge in [0.25, 0.3) is 0 Å². The minimum absolute atomic E-state index is 0. The van der Waals surface area contributed by atoms with Crippen molar-refractivity contribution in [1.82, 2.24) is 46.8 Å². The number of phenolic OH excluding ortho intramolecular Hbond substituents is 1. The molecule has 9 atom stereocenters. The van der Waals surface area contributed by atoms with E-state index in [0.29, 0.717) is 29.7 Å². The van der Waals surface area contributed by atoms with Crippen LogP contribution in [0.2, 0.25) is 0 Å². The Labute approximate surface area is 441 Å². The van der Waals surface area contributed by atoms with Crippen molar-refractivity contribution in [2.75, 3.05) is 13.1 Å². The van der Waals surface area contributed by atoms with Crippen LogP contribution >= 0.6 is 0 Å². The first-order chi connectivity index (χ1) is 35.6. The number of aromatic amines is 1. The predicted octanol–water partition coefficient (Wildman–Crippen LogP) is -0.679. The number of carboxylic acids is 2. The van der Waals surface area contributed by atoms with Gasteiger partial charge < -0.3 is 74.3 Å². The Hall–Kier alpha value is -8.09. The van der Waals surface area contributed by atoms with Crippen molar-refractivity contribution in [2.45, 2.75) is 141 Å². The highest BCUT2D eigenvalue weighted by atomic mass is 16.4. The van der Waals surface area contributed by atoms with E-state index < -0.39 is 120 Å². The Morgan fingerprint density at radius 3 is 1.93 bits per heavy atom. The molecular formula is C51H75N13O12. The van der Waals surface area contributed by atoms with Crippen LogP contribution in [0.1, 0.15) is 90.5 Å². The SMILES string of the molecule is C.CC[C@H](C)[C@H](NC(=O)[C@H](Cc1ccc(O)cc1)NC(=O)[C@@H](NC(=O)[C@H](CCCN=C(N)N)NC(=O)[C@@H](N)CC(=O)O)C(C)C)C(=O)N[C@@H](Cc1cnc[nH]1)C(=O)N1CCC[C@H]1C(=O)N[C@@H](Cc1ccccc1)C(=O)O. The summed E-state index contributed by atoms with van der Waals surface area (Å²) in [4.78, 5) is 134. The number of guanidine groups is 1. The lowest BCUT2D eigenvalue weighted by Crippen LogP contribution is -2.62. The molecule has 7 amide bonds. The normalized spacial score (nSPS) is 16.1. The Bertz CT molecular complexity index is 2450. The fraction of sp³-hybridized carbons (Fsp3) is 0.510. The van der Waals surface area contributed by atoms with Crippen LogP contribution in [-0.4, -0.2) is 151 Å². The van der Waals surface area contributed by atoms with Crippen LogP contribution in [0.15, 0.2) is 72.1 Å². The van der Waals surface area contributed by atoms with Crippen LogP contribution in [0, 0.1) is 11.8 Å². The van der Waals surface area contributed by atoms with Gasteiger partial charge in [-0.25, -0.2) is 9.78 Å². The summed E-state index contributed by atoms with van der Waals surface area (Å²) in [6.45, 7) is 6.90.